The van der Waals surface area contributed by atoms with Crippen molar-refractivity contribution in [3.63, 3.8) is 0 Å². The van der Waals surface area contributed by atoms with Crippen LogP contribution in [0.15, 0.2) is 30.3 Å². The predicted octanol–water partition coefficient (Wildman–Crippen LogP) is 1.55. The van der Waals surface area contributed by atoms with Crippen LogP contribution in [0.2, 0.25) is 6.04 Å². The van der Waals surface area contributed by atoms with Crippen LogP contribution in [-0.2, 0) is 13.3 Å². The molecule has 6 nitrogen and oxygen atoms in total. The van der Waals surface area contributed by atoms with Crippen LogP contribution in [0.5, 0.6) is 0 Å². The largest absolute Gasteiger partial charge is 0.500 e. The van der Waals surface area contributed by atoms with Crippen LogP contribution in [0.3, 0.4) is 0 Å². The summed E-state index contributed by atoms with van der Waals surface area (Å²) in [5.74, 6) is 0. The summed E-state index contributed by atoms with van der Waals surface area (Å²) < 4.78 is 16.2. The molecule has 1 aromatic carbocycles. The first-order valence-electron chi connectivity index (χ1n) is 8.12. The molecule has 0 aliphatic rings. The van der Waals surface area contributed by atoms with Gasteiger partial charge in [-0.15, -0.1) is 0 Å². The Morgan fingerprint density at radius 3 is 1.96 bits per heavy atom. The highest BCUT2D eigenvalue weighted by molar-refractivity contribution is 6.60. The summed E-state index contributed by atoms with van der Waals surface area (Å²) in [6.45, 7) is 4.72. The van der Waals surface area contributed by atoms with Crippen LogP contribution < -0.4 is 16.0 Å². The molecule has 3 N–H and O–H groups in total. The van der Waals surface area contributed by atoms with E-state index in [0.29, 0.717) is 0 Å². The van der Waals surface area contributed by atoms with Gasteiger partial charge >= 0.3 is 8.80 Å². The van der Waals surface area contributed by atoms with Crippen molar-refractivity contribution in [2.24, 2.45) is 0 Å². The summed E-state index contributed by atoms with van der Waals surface area (Å²) in [6.07, 6.45) is 0.983. The van der Waals surface area contributed by atoms with Crippen molar-refractivity contribution in [2.45, 2.75) is 12.5 Å². The Morgan fingerprint density at radius 2 is 1.35 bits per heavy atom. The van der Waals surface area contributed by atoms with Gasteiger partial charge in [0.15, 0.2) is 0 Å². The molecule has 0 aliphatic heterocycles. The van der Waals surface area contributed by atoms with Crippen LogP contribution in [0.1, 0.15) is 6.42 Å². The molecule has 0 heterocycles. The molecule has 0 aromatic heterocycles. The van der Waals surface area contributed by atoms with E-state index < -0.39 is 8.80 Å². The average molecular weight is 342 g/mol. The molecule has 0 unspecified atom stereocenters. The average Bonchev–Trinajstić information content (AvgIpc) is 2.61. The molecule has 23 heavy (non-hydrogen) atoms. The van der Waals surface area contributed by atoms with E-state index in [1.165, 1.54) is 0 Å². The quantitative estimate of drug-likeness (QED) is 0.352. The first-order valence-corrected chi connectivity index (χ1v) is 10.1. The Labute approximate surface area is 141 Å². The molecular formula is C16H31N3O3Si. The van der Waals surface area contributed by atoms with Gasteiger partial charge in [0.1, 0.15) is 0 Å². The zero-order valence-electron chi connectivity index (χ0n) is 14.6. The van der Waals surface area contributed by atoms with Gasteiger partial charge < -0.3 is 29.2 Å². The number of rotatable bonds is 14. The van der Waals surface area contributed by atoms with Gasteiger partial charge in [-0.25, -0.2) is 0 Å². The molecule has 1 rings (SSSR count). The molecule has 132 valence electrons. The summed E-state index contributed by atoms with van der Waals surface area (Å²) in [5.41, 5.74) is 1.16. The lowest BCUT2D eigenvalue weighted by Gasteiger charge is -2.24. The van der Waals surface area contributed by atoms with Crippen LogP contribution >= 0.6 is 0 Å². The Kier molecular flexibility index (Phi) is 10.9. The summed E-state index contributed by atoms with van der Waals surface area (Å²) in [6, 6.07) is 11.1. The Morgan fingerprint density at radius 1 is 0.783 bits per heavy atom. The zero-order chi connectivity index (χ0) is 16.8. The molecule has 0 radical (unpaired) electrons. The molecule has 0 bridgehead atoms. The number of anilines is 1. The summed E-state index contributed by atoms with van der Waals surface area (Å²) >= 11 is 0. The molecule has 0 saturated carbocycles. The van der Waals surface area contributed by atoms with Gasteiger partial charge in [-0.1, -0.05) is 18.2 Å². The minimum absolute atomic E-state index is 0.831. The van der Waals surface area contributed by atoms with E-state index in [1.54, 1.807) is 21.3 Å². The highest BCUT2D eigenvalue weighted by Crippen LogP contribution is 2.14. The second-order valence-electron chi connectivity index (χ2n) is 5.19. The number of benzene rings is 1. The van der Waals surface area contributed by atoms with Gasteiger partial charge in [0.05, 0.1) is 0 Å². The Balaban J connectivity index is 1.92. The van der Waals surface area contributed by atoms with E-state index in [4.69, 9.17) is 13.3 Å². The molecule has 0 spiro atoms. The second kappa shape index (κ2) is 12.5. The smallest absolute Gasteiger partial charge is 0.384 e. The standard InChI is InChI=1S/C16H31N3O3Si/c1-20-23(21-2,22-3)15-7-10-17-11-12-18-13-14-19-16-8-5-4-6-9-16/h4-6,8-9,17-19H,7,10-15H2,1-3H3. The number of hydrogen-bond acceptors (Lipinski definition) is 6. The van der Waals surface area contributed by atoms with Gasteiger partial charge in [-0.3, -0.25) is 0 Å². The van der Waals surface area contributed by atoms with Crippen molar-refractivity contribution in [1.82, 2.24) is 10.6 Å². The van der Waals surface area contributed by atoms with Crippen LogP contribution in [-0.4, -0.2) is 62.9 Å². The number of hydrogen-bond donors (Lipinski definition) is 3. The maximum absolute atomic E-state index is 5.39. The summed E-state index contributed by atoms with van der Waals surface area (Å²) in [4.78, 5) is 0. The van der Waals surface area contributed by atoms with Gasteiger partial charge in [-0.05, 0) is 25.1 Å². The lowest BCUT2D eigenvalue weighted by molar-refractivity contribution is 0.123. The Hall–Kier alpha value is -0.963. The van der Waals surface area contributed by atoms with E-state index in [2.05, 4.69) is 28.1 Å². The van der Waals surface area contributed by atoms with E-state index >= 15 is 0 Å². The van der Waals surface area contributed by atoms with E-state index in [9.17, 15) is 0 Å². The first-order chi connectivity index (χ1) is 11.3. The Bertz CT molecular complexity index is 383. The fourth-order valence-electron chi connectivity index (χ4n) is 2.26. The third-order valence-corrected chi connectivity index (χ3v) is 6.48. The van der Waals surface area contributed by atoms with Crippen LogP contribution in [0, 0.1) is 0 Å². The van der Waals surface area contributed by atoms with Gasteiger partial charge in [0.2, 0.25) is 0 Å². The van der Waals surface area contributed by atoms with Crippen molar-refractivity contribution < 1.29 is 13.3 Å². The third kappa shape index (κ3) is 8.45. The van der Waals surface area contributed by atoms with Crippen LogP contribution in [0.25, 0.3) is 0 Å². The molecular weight excluding hydrogens is 310 g/mol. The monoisotopic (exact) mass is 341 g/mol. The minimum Gasteiger partial charge on any atom is -0.384 e. The fourth-order valence-corrected chi connectivity index (χ4v) is 3.99. The molecule has 7 heteroatoms. The van der Waals surface area contributed by atoms with E-state index in [-0.39, 0.29) is 0 Å². The highest BCUT2D eigenvalue weighted by atomic mass is 28.4. The van der Waals surface area contributed by atoms with Crippen molar-refractivity contribution in [3.8, 4) is 0 Å². The summed E-state index contributed by atoms with van der Waals surface area (Å²) in [5, 5.41) is 10.2. The predicted molar refractivity (Wildman–Crippen MR) is 96.9 cm³/mol. The molecule has 0 amide bonds. The maximum Gasteiger partial charge on any atom is 0.500 e. The molecule has 0 fully saturated rings. The normalized spacial score (nSPS) is 11.6. The third-order valence-electron chi connectivity index (χ3n) is 3.65. The van der Waals surface area contributed by atoms with Gasteiger partial charge in [0, 0.05) is 59.2 Å². The molecule has 0 aliphatic carbocycles. The molecule has 1 aromatic rings. The zero-order valence-corrected chi connectivity index (χ0v) is 15.6. The second-order valence-corrected chi connectivity index (χ2v) is 8.28. The highest BCUT2D eigenvalue weighted by Gasteiger charge is 2.36. The van der Waals surface area contributed by atoms with Crippen molar-refractivity contribution in [3.05, 3.63) is 30.3 Å². The van der Waals surface area contributed by atoms with Crippen molar-refractivity contribution >= 4 is 14.5 Å². The summed E-state index contributed by atoms with van der Waals surface area (Å²) in [7, 11) is 2.56. The SMILES string of the molecule is CO[Si](CCCNCCNCCNc1ccccc1)(OC)OC. The van der Waals surface area contributed by atoms with Gasteiger partial charge in [0.25, 0.3) is 0 Å². The molecule has 0 saturated heterocycles. The number of para-hydroxylation sites is 1. The lowest BCUT2D eigenvalue weighted by atomic mass is 10.3. The fraction of sp³-hybridized carbons (Fsp3) is 0.625. The number of nitrogens with one attached hydrogen (secondary N) is 3. The first kappa shape index (κ1) is 20.1. The molecule has 0 atom stereocenters. The van der Waals surface area contributed by atoms with Crippen LogP contribution in [0.4, 0.5) is 5.69 Å². The minimum atomic E-state index is -2.40. The lowest BCUT2D eigenvalue weighted by Crippen LogP contribution is -2.43. The topological polar surface area (TPSA) is 63.8 Å². The van der Waals surface area contributed by atoms with E-state index in [1.807, 2.05) is 18.2 Å². The maximum atomic E-state index is 5.39. The van der Waals surface area contributed by atoms with Gasteiger partial charge in [-0.2, -0.15) is 0 Å². The van der Waals surface area contributed by atoms with Crippen molar-refractivity contribution in [2.75, 3.05) is 59.4 Å². The van der Waals surface area contributed by atoms with Crippen molar-refractivity contribution in [1.29, 1.82) is 0 Å². The van der Waals surface area contributed by atoms with E-state index in [0.717, 1.165) is 50.9 Å².